The molecule has 0 saturated carbocycles. The molecule has 0 amide bonds. The maximum atomic E-state index is 5.91. The third-order valence-electron chi connectivity index (χ3n) is 4.40. The smallest absolute Gasteiger partial charge is 0.191 e. The van der Waals surface area contributed by atoms with E-state index in [0.717, 1.165) is 56.8 Å². The Balaban J connectivity index is 0.00000312. The van der Waals surface area contributed by atoms with Gasteiger partial charge in [-0.3, -0.25) is 9.89 Å². The molecule has 0 aliphatic carbocycles. The van der Waals surface area contributed by atoms with Crippen LogP contribution in [0.15, 0.2) is 29.3 Å². The van der Waals surface area contributed by atoms with Crippen molar-refractivity contribution in [2.75, 3.05) is 46.4 Å². The normalized spacial score (nSPS) is 16.2. The van der Waals surface area contributed by atoms with Crippen molar-refractivity contribution in [3.05, 3.63) is 34.9 Å². The molecule has 1 aliphatic rings. The lowest BCUT2D eigenvalue weighted by molar-refractivity contribution is -0.00833. The van der Waals surface area contributed by atoms with E-state index in [4.69, 9.17) is 16.3 Å². The van der Waals surface area contributed by atoms with Gasteiger partial charge in [0.05, 0.1) is 13.2 Å². The van der Waals surface area contributed by atoms with Crippen LogP contribution < -0.4 is 10.6 Å². The summed E-state index contributed by atoms with van der Waals surface area (Å²) in [6.45, 7) is 9.79. The molecule has 2 N–H and O–H groups in total. The lowest BCUT2D eigenvalue weighted by Crippen LogP contribution is -2.56. The monoisotopic (exact) mass is 480 g/mol. The average Bonchev–Trinajstić information content (AvgIpc) is 2.60. The van der Waals surface area contributed by atoms with Crippen LogP contribution in [0.25, 0.3) is 0 Å². The van der Waals surface area contributed by atoms with Crippen LogP contribution in [0.4, 0.5) is 0 Å². The molecule has 25 heavy (non-hydrogen) atoms. The van der Waals surface area contributed by atoms with Gasteiger partial charge in [0.25, 0.3) is 0 Å². The number of aliphatic imine (C=N–C) groups is 1. The van der Waals surface area contributed by atoms with Crippen LogP contribution in [-0.2, 0) is 11.2 Å². The van der Waals surface area contributed by atoms with Crippen LogP contribution in [-0.4, -0.2) is 62.8 Å². The minimum Gasteiger partial charge on any atom is -0.379 e. The molecule has 1 aliphatic heterocycles. The molecule has 1 saturated heterocycles. The summed E-state index contributed by atoms with van der Waals surface area (Å²) in [4.78, 5) is 6.77. The van der Waals surface area contributed by atoms with Gasteiger partial charge in [0, 0.05) is 43.8 Å². The van der Waals surface area contributed by atoms with E-state index in [0.29, 0.717) is 0 Å². The molecule has 0 aromatic heterocycles. The topological polar surface area (TPSA) is 48.9 Å². The van der Waals surface area contributed by atoms with Crippen LogP contribution in [0.3, 0.4) is 0 Å². The Morgan fingerprint density at radius 2 is 1.84 bits per heavy atom. The Morgan fingerprint density at radius 3 is 2.44 bits per heavy atom. The zero-order chi connectivity index (χ0) is 17.4. The Bertz CT molecular complexity index is 530. The molecule has 0 radical (unpaired) electrons. The fourth-order valence-electron chi connectivity index (χ4n) is 2.78. The zero-order valence-electron chi connectivity index (χ0n) is 15.3. The van der Waals surface area contributed by atoms with Crippen LogP contribution in [0.1, 0.15) is 19.4 Å². The molecule has 0 bridgehead atoms. The molecule has 0 spiro atoms. The molecule has 2 rings (SSSR count). The van der Waals surface area contributed by atoms with E-state index in [9.17, 15) is 0 Å². The lowest BCUT2D eigenvalue weighted by Gasteiger charge is -2.41. The zero-order valence-corrected chi connectivity index (χ0v) is 18.4. The first-order chi connectivity index (χ1) is 11.5. The maximum absolute atomic E-state index is 5.91. The van der Waals surface area contributed by atoms with Crippen molar-refractivity contribution in [2.24, 2.45) is 4.99 Å². The Morgan fingerprint density at radius 1 is 1.20 bits per heavy atom. The predicted molar refractivity (Wildman–Crippen MR) is 116 cm³/mol. The lowest BCUT2D eigenvalue weighted by atomic mass is 10.0. The van der Waals surface area contributed by atoms with Crippen molar-refractivity contribution in [2.45, 2.75) is 25.8 Å². The van der Waals surface area contributed by atoms with Crippen molar-refractivity contribution in [1.29, 1.82) is 0 Å². The van der Waals surface area contributed by atoms with E-state index in [1.807, 2.05) is 12.1 Å². The summed E-state index contributed by atoms with van der Waals surface area (Å²) in [5.41, 5.74) is 1.33. The maximum Gasteiger partial charge on any atom is 0.191 e. The van der Waals surface area contributed by atoms with Crippen molar-refractivity contribution >= 4 is 41.5 Å². The number of hydrogen-bond acceptors (Lipinski definition) is 3. The Kier molecular flexibility index (Phi) is 10.1. The van der Waals surface area contributed by atoms with Crippen molar-refractivity contribution < 1.29 is 4.74 Å². The summed E-state index contributed by atoms with van der Waals surface area (Å²) < 4.78 is 5.44. The fourth-order valence-corrected chi connectivity index (χ4v) is 2.90. The van der Waals surface area contributed by atoms with Gasteiger partial charge in [-0.2, -0.15) is 0 Å². The minimum atomic E-state index is 0. The first-order valence-corrected chi connectivity index (χ1v) is 8.91. The van der Waals surface area contributed by atoms with Crippen molar-refractivity contribution in [3.8, 4) is 0 Å². The van der Waals surface area contributed by atoms with E-state index in [1.165, 1.54) is 5.56 Å². The van der Waals surface area contributed by atoms with Gasteiger partial charge in [0.2, 0.25) is 0 Å². The Hall–Kier alpha value is -0.570. The van der Waals surface area contributed by atoms with Gasteiger partial charge >= 0.3 is 0 Å². The van der Waals surface area contributed by atoms with Crippen LogP contribution in [0, 0.1) is 0 Å². The molecular formula is C18H30ClIN4O. The summed E-state index contributed by atoms with van der Waals surface area (Å²) >= 11 is 5.91. The molecule has 0 atom stereocenters. The Labute approximate surface area is 173 Å². The highest BCUT2D eigenvalue weighted by molar-refractivity contribution is 14.0. The highest BCUT2D eigenvalue weighted by Crippen LogP contribution is 2.15. The number of hydrogen-bond donors (Lipinski definition) is 2. The first kappa shape index (κ1) is 22.5. The second-order valence-corrected chi connectivity index (χ2v) is 7.08. The SMILES string of the molecule is CN=C(NCCc1ccc(Cl)cc1)NCC(C)(C)N1CCOCC1.I. The summed E-state index contributed by atoms with van der Waals surface area (Å²) in [7, 11) is 1.80. The number of guanidine groups is 1. The molecule has 142 valence electrons. The second-order valence-electron chi connectivity index (χ2n) is 6.64. The fraction of sp³-hybridized carbons (Fsp3) is 0.611. The average molecular weight is 481 g/mol. The minimum absolute atomic E-state index is 0. The van der Waals surface area contributed by atoms with Gasteiger partial charge in [-0.15, -0.1) is 24.0 Å². The highest BCUT2D eigenvalue weighted by Gasteiger charge is 2.28. The summed E-state index contributed by atoms with van der Waals surface area (Å²) in [5.74, 6) is 0.838. The van der Waals surface area contributed by atoms with Crippen molar-refractivity contribution in [1.82, 2.24) is 15.5 Å². The first-order valence-electron chi connectivity index (χ1n) is 8.53. The molecular weight excluding hydrogens is 451 g/mol. The number of nitrogens with zero attached hydrogens (tertiary/aromatic N) is 2. The highest BCUT2D eigenvalue weighted by atomic mass is 127. The van der Waals surface area contributed by atoms with Crippen LogP contribution in [0.2, 0.25) is 5.02 Å². The van der Waals surface area contributed by atoms with E-state index < -0.39 is 0 Å². The standard InChI is InChI=1S/C18H29ClN4O.HI/c1-18(2,23-10-12-24-13-11-23)14-22-17(20-3)21-9-8-15-4-6-16(19)7-5-15;/h4-7H,8-14H2,1-3H3,(H2,20,21,22);1H. The molecule has 0 unspecified atom stereocenters. The third-order valence-corrected chi connectivity index (χ3v) is 4.65. The number of rotatable bonds is 6. The number of halogens is 2. The third kappa shape index (κ3) is 7.68. The predicted octanol–water partition coefficient (Wildman–Crippen LogP) is 2.78. The van der Waals surface area contributed by atoms with Gasteiger partial charge in [0.15, 0.2) is 5.96 Å². The number of morpholine rings is 1. The molecule has 5 nitrogen and oxygen atoms in total. The van der Waals surface area contributed by atoms with E-state index in [-0.39, 0.29) is 29.5 Å². The van der Waals surface area contributed by atoms with Gasteiger partial charge in [-0.05, 0) is 38.0 Å². The number of nitrogens with one attached hydrogen (secondary N) is 2. The molecule has 7 heteroatoms. The summed E-state index contributed by atoms with van der Waals surface area (Å²) in [5, 5.41) is 7.58. The van der Waals surface area contributed by atoms with Crippen molar-refractivity contribution in [3.63, 3.8) is 0 Å². The molecule has 1 aromatic rings. The molecule has 1 heterocycles. The van der Waals surface area contributed by atoms with Gasteiger partial charge in [-0.1, -0.05) is 23.7 Å². The van der Waals surface area contributed by atoms with Gasteiger partial charge in [0.1, 0.15) is 0 Å². The van der Waals surface area contributed by atoms with E-state index in [1.54, 1.807) is 7.05 Å². The van der Waals surface area contributed by atoms with Crippen LogP contribution >= 0.6 is 35.6 Å². The molecule has 1 aromatic carbocycles. The number of benzene rings is 1. The summed E-state index contributed by atoms with van der Waals surface area (Å²) in [6.07, 6.45) is 0.935. The summed E-state index contributed by atoms with van der Waals surface area (Å²) in [6, 6.07) is 7.97. The van der Waals surface area contributed by atoms with Gasteiger partial charge < -0.3 is 15.4 Å². The second kappa shape index (κ2) is 11.2. The van der Waals surface area contributed by atoms with E-state index in [2.05, 4.69) is 46.5 Å². The quantitative estimate of drug-likeness (QED) is 0.373. The van der Waals surface area contributed by atoms with Gasteiger partial charge in [-0.25, -0.2) is 0 Å². The largest absolute Gasteiger partial charge is 0.379 e. The molecule has 1 fully saturated rings. The van der Waals surface area contributed by atoms with E-state index >= 15 is 0 Å². The number of ether oxygens (including phenoxy) is 1. The van der Waals surface area contributed by atoms with Crippen LogP contribution in [0.5, 0.6) is 0 Å².